The highest BCUT2D eigenvalue weighted by Crippen LogP contribution is 2.27. The average molecular weight is 439 g/mol. The summed E-state index contributed by atoms with van der Waals surface area (Å²) >= 11 is 6.25. The van der Waals surface area contributed by atoms with Gasteiger partial charge in [0, 0.05) is 20.1 Å². The van der Waals surface area contributed by atoms with E-state index in [1.165, 1.54) is 55.9 Å². The Labute approximate surface area is 176 Å². The Morgan fingerprint density at radius 1 is 1.00 bits per heavy atom. The first kappa shape index (κ1) is 21.6. The van der Waals surface area contributed by atoms with Gasteiger partial charge in [-0.05, 0) is 55.3 Å². The molecule has 1 aliphatic rings. The minimum absolute atomic E-state index is 0.0379. The van der Waals surface area contributed by atoms with Crippen LogP contribution in [-0.2, 0) is 10.0 Å². The SMILES string of the molecule is CN(c1ccc(F)cc1)S(=O)(=O)c1ccc(Cl)c(C(=O)N2CCCCCCC2)c1. The van der Waals surface area contributed by atoms with Crippen LogP contribution in [0.5, 0.6) is 0 Å². The minimum atomic E-state index is -3.94. The number of likely N-dealkylation sites (tertiary alicyclic amines) is 1. The number of benzene rings is 2. The first-order valence-corrected chi connectivity index (χ1v) is 11.5. The largest absolute Gasteiger partial charge is 0.339 e. The lowest BCUT2D eigenvalue weighted by molar-refractivity contribution is 0.0742. The van der Waals surface area contributed by atoms with Crippen LogP contribution in [0.1, 0.15) is 42.5 Å². The van der Waals surface area contributed by atoms with E-state index in [1.807, 2.05) is 0 Å². The fraction of sp³-hybridized carbons (Fsp3) is 0.381. The molecule has 1 amide bonds. The van der Waals surface area contributed by atoms with Crippen LogP contribution in [0.3, 0.4) is 0 Å². The molecule has 0 spiro atoms. The molecule has 29 heavy (non-hydrogen) atoms. The van der Waals surface area contributed by atoms with Crippen molar-refractivity contribution in [2.24, 2.45) is 0 Å². The van der Waals surface area contributed by atoms with E-state index in [1.54, 1.807) is 4.90 Å². The van der Waals surface area contributed by atoms with Crippen LogP contribution < -0.4 is 4.31 Å². The van der Waals surface area contributed by atoms with Crippen LogP contribution in [-0.4, -0.2) is 39.4 Å². The summed E-state index contributed by atoms with van der Waals surface area (Å²) in [5.74, 6) is -0.703. The van der Waals surface area contributed by atoms with Gasteiger partial charge < -0.3 is 4.90 Å². The number of rotatable bonds is 4. The van der Waals surface area contributed by atoms with Gasteiger partial charge in [0.2, 0.25) is 0 Å². The number of carbonyl (C=O) groups is 1. The van der Waals surface area contributed by atoms with Crippen LogP contribution in [0, 0.1) is 5.82 Å². The fourth-order valence-electron chi connectivity index (χ4n) is 3.40. The average Bonchev–Trinajstić information content (AvgIpc) is 2.67. The third kappa shape index (κ3) is 4.90. The maximum absolute atomic E-state index is 13.2. The minimum Gasteiger partial charge on any atom is -0.339 e. The van der Waals surface area contributed by atoms with Crippen molar-refractivity contribution in [2.75, 3.05) is 24.4 Å². The molecule has 1 fully saturated rings. The van der Waals surface area contributed by atoms with E-state index >= 15 is 0 Å². The molecular formula is C21H24ClFN2O3S. The maximum atomic E-state index is 13.2. The summed E-state index contributed by atoms with van der Waals surface area (Å²) in [5, 5.41) is 0.223. The predicted molar refractivity (Wildman–Crippen MR) is 112 cm³/mol. The molecule has 0 atom stereocenters. The summed E-state index contributed by atoms with van der Waals surface area (Å²) in [5.41, 5.74) is 0.499. The lowest BCUT2D eigenvalue weighted by Crippen LogP contribution is -2.34. The predicted octanol–water partition coefficient (Wildman–Crippen LogP) is 4.71. The summed E-state index contributed by atoms with van der Waals surface area (Å²) in [6, 6.07) is 9.30. The van der Waals surface area contributed by atoms with Gasteiger partial charge in [-0.1, -0.05) is 30.9 Å². The summed E-state index contributed by atoms with van der Waals surface area (Å²) in [7, 11) is -2.55. The van der Waals surface area contributed by atoms with Gasteiger partial charge in [-0.15, -0.1) is 0 Å². The molecule has 2 aromatic carbocycles. The van der Waals surface area contributed by atoms with Gasteiger partial charge in [0.05, 0.1) is 21.2 Å². The first-order chi connectivity index (χ1) is 13.8. The van der Waals surface area contributed by atoms with Gasteiger partial charge in [0.1, 0.15) is 5.82 Å². The molecule has 8 heteroatoms. The second-order valence-electron chi connectivity index (χ2n) is 7.15. The van der Waals surface area contributed by atoms with Crippen LogP contribution in [0.15, 0.2) is 47.4 Å². The van der Waals surface area contributed by atoms with E-state index in [9.17, 15) is 17.6 Å². The van der Waals surface area contributed by atoms with Crippen molar-refractivity contribution in [2.45, 2.75) is 37.0 Å². The van der Waals surface area contributed by atoms with Crippen molar-refractivity contribution < 1.29 is 17.6 Å². The molecule has 0 radical (unpaired) electrons. The normalized spacial score (nSPS) is 15.5. The number of halogens is 2. The zero-order valence-electron chi connectivity index (χ0n) is 16.3. The van der Waals surface area contributed by atoms with Crippen molar-refractivity contribution in [3.05, 3.63) is 58.9 Å². The summed E-state index contributed by atoms with van der Waals surface area (Å²) in [4.78, 5) is 14.7. The number of sulfonamides is 1. The lowest BCUT2D eigenvalue weighted by atomic mass is 10.1. The topological polar surface area (TPSA) is 57.7 Å². The first-order valence-electron chi connectivity index (χ1n) is 9.64. The van der Waals surface area contributed by atoms with E-state index in [2.05, 4.69) is 0 Å². The molecule has 0 aromatic heterocycles. The van der Waals surface area contributed by atoms with Crippen molar-refractivity contribution in [1.29, 1.82) is 0 Å². The van der Waals surface area contributed by atoms with Crippen molar-refractivity contribution >= 4 is 33.2 Å². The zero-order valence-corrected chi connectivity index (χ0v) is 17.8. The van der Waals surface area contributed by atoms with E-state index in [0.717, 1.165) is 30.0 Å². The number of carbonyl (C=O) groups excluding carboxylic acids is 1. The van der Waals surface area contributed by atoms with Crippen LogP contribution in [0.4, 0.5) is 10.1 Å². The Hall–Kier alpha value is -2.12. The Morgan fingerprint density at radius 2 is 1.59 bits per heavy atom. The number of hydrogen-bond acceptors (Lipinski definition) is 3. The highest BCUT2D eigenvalue weighted by atomic mass is 35.5. The van der Waals surface area contributed by atoms with Crippen molar-refractivity contribution in [1.82, 2.24) is 4.90 Å². The molecule has 3 rings (SSSR count). The van der Waals surface area contributed by atoms with Gasteiger partial charge in [-0.3, -0.25) is 9.10 Å². The third-order valence-electron chi connectivity index (χ3n) is 5.16. The second-order valence-corrected chi connectivity index (χ2v) is 9.53. The van der Waals surface area contributed by atoms with Crippen LogP contribution >= 0.6 is 11.6 Å². The highest BCUT2D eigenvalue weighted by molar-refractivity contribution is 7.92. The highest BCUT2D eigenvalue weighted by Gasteiger charge is 2.25. The van der Waals surface area contributed by atoms with Gasteiger partial charge in [-0.25, -0.2) is 12.8 Å². The Kier molecular flexibility index (Phi) is 6.80. The van der Waals surface area contributed by atoms with Gasteiger partial charge >= 0.3 is 0 Å². The molecule has 0 unspecified atom stereocenters. The smallest absolute Gasteiger partial charge is 0.264 e. The Bertz CT molecular complexity index is 972. The van der Waals surface area contributed by atoms with Gasteiger partial charge in [0.15, 0.2) is 0 Å². The molecule has 1 aliphatic heterocycles. The molecule has 0 bridgehead atoms. The third-order valence-corrected chi connectivity index (χ3v) is 7.27. The van der Waals surface area contributed by atoms with Crippen molar-refractivity contribution in [3.63, 3.8) is 0 Å². The summed E-state index contributed by atoms with van der Waals surface area (Å²) < 4.78 is 40.3. The zero-order chi connectivity index (χ0) is 21.0. The number of hydrogen-bond donors (Lipinski definition) is 0. The lowest BCUT2D eigenvalue weighted by Gasteiger charge is -2.26. The van der Waals surface area contributed by atoms with Crippen LogP contribution in [0.2, 0.25) is 5.02 Å². The fourth-order valence-corrected chi connectivity index (χ4v) is 4.82. The molecule has 0 aliphatic carbocycles. The molecule has 0 N–H and O–H groups in total. The van der Waals surface area contributed by atoms with E-state index < -0.39 is 15.8 Å². The molecule has 0 saturated carbocycles. The Morgan fingerprint density at radius 3 is 2.21 bits per heavy atom. The number of amides is 1. The summed E-state index contributed by atoms with van der Waals surface area (Å²) in [6.45, 7) is 1.28. The molecule has 5 nitrogen and oxygen atoms in total. The maximum Gasteiger partial charge on any atom is 0.264 e. The van der Waals surface area contributed by atoms with E-state index in [-0.39, 0.29) is 21.4 Å². The Balaban J connectivity index is 1.90. The molecule has 1 heterocycles. The molecule has 156 valence electrons. The van der Waals surface area contributed by atoms with Gasteiger partial charge in [-0.2, -0.15) is 0 Å². The number of anilines is 1. The molecule has 1 saturated heterocycles. The second kappa shape index (κ2) is 9.13. The quantitative estimate of drug-likeness (QED) is 0.694. The van der Waals surface area contributed by atoms with Crippen LogP contribution in [0.25, 0.3) is 0 Å². The summed E-state index contributed by atoms with van der Waals surface area (Å²) in [6.07, 6.45) is 5.18. The van der Waals surface area contributed by atoms with E-state index in [0.29, 0.717) is 18.8 Å². The molecular weight excluding hydrogens is 415 g/mol. The molecule has 2 aromatic rings. The van der Waals surface area contributed by atoms with E-state index in [4.69, 9.17) is 11.6 Å². The number of nitrogens with zero attached hydrogens (tertiary/aromatic N) is 2. The van der Waals surface area contributed by atoms with Crippen molar-refractivity contribution in [3.8, 4) is 0 Å². The monoisotopic (exact) mass is 438 g/mol. The van der Waals surface area contributed by atoms with Gasteiger partial charge in [0.25, 0.3) is 15.9 Å². The standard InChI is InChI=1S/C21H24ClFN2O3S/c1-24(17-9-7-16(23)8-10-17)29(27,28)18-11-12-20(22)19(15-18)21(26)25-13-5-3-2-4-6-14-25/h7-12,15H,2-6,13-14H2,1H3.